The lowest BCUT2D eigenvalue weighted by Gasteiger charge is -2.24. The minimum atomic E-state index is -4.68. The molecule has 0 atom stereocenters. The number of nitrogens with zero attached hydrogens (tertiary/aromatic N) is 1. The lowest BCUT2D eigenvalue weighted by molar-refractivity contribution is -0.385. The minimum absolute atomic E-state index is 0.134. The van der Waals surface area contributed by atoms with E-state index in [2.05, 4.69) is 5.32 Å². The Morgan fingerprint density at radius 3 is 2.57 bits per heavy atom. The van der Waals surface area contributed by atoms with Gasteiger partial charge in [-0.1, -0.05) is 24.8 Å². The number of benzene rings is 2. The normalized spacial score (nSPS) is 13.0. The molecule has 0 saturated carbocycles. The number of anilines is 2. The van der Waals surface area contributed by atoms with Crippen molar-refractivity contribution in [1.29, 1.82) is 0 Å². The summed E-state index contributed by atoms with van der Waals surface area (Å²) in [6.45, 7) is 1.98. The summed E-state index contributed by atoms with van der Waals surface area (Å²) in [7, 11) is 0. The van der Waals surface area contributed by atoms with E-state index in [1.165, 1.54) is 6.07 Å². The molecule has 2 aromatic carbocycles. The van der Waals surface area contributed by atoms with Crippen molar-refractivity contribution < 1.29 is 18.1 Å². The molecule has 1 heterocycles. The van der Waals surface area contributed by atoms with Crippen LogP contribution in [0.15, 0.2) is 40.1 Å². The van der Waals surface area contributed by atoms with E-state index in [9.17, 15) is 23.3 Å². The molecule has 0 spiro atoms. The van der Waals surface area contributed by atoms with E-state index in [1.54, 1.807) is 6.07 Å². The summed E-state index contributed by atoms with van der Waals surface area (Å²) in [6, 6.07) is 7.19. The number of halogens is 3. The maximum Gasteiger partial charge on any atom is 0.418 e. The fourth-order valence-corrected chi connectivity index (χ4v) is 3.49. The smallest absolute Gasteiger partial charge is 0.353 e. The van der Waals surface area contributed by atoms with Crippen LogP contribution < -0.4 is 5.32 Å². The van der Waals surface area contributed by atoms with Crippen LogP contribution in [0.3, 0.4) is 0 Å². The molecule has 1 aliphatic rings. The van der Waals surface area contributed by atoms with Gasteiger partial charge in [-0.25, -0.2) is 0 Å². The first kappa shape index (κ1) is 15.7. The molecule has 0 aliphatic carbocycles. The molecule has 0 amide bonds. The van der Waals surface area contributed by atoms with Gasteiger partial charge in [-0.2, -0.15) is 13.2 Å². The average Bonchev–Trinajstić information content (AvgIpc) is 2.50. The third-order valence-corrected chi connectivity index (χ3v) is 4.64. The first-order valence-electron chi connectivity index (χ1n) is 6.77. The second-order valence-corrected chi connectivity index (χ2v) is 6.12. The van der Waals surface area contributed by atoms with E-state index in [4.69, 9.17) is 0 Å². The van der Waals surface area contributed by atoms with Crippen LogP contribution in [-0.4, -0.2) is 4.92 Å². The lowest BCUT2D eigenvalue weighted by Crippen LogP contribution is -2.12. The molecule has 0 unspecified atom stereocenters. The van der Waals surface area contributed by atoms with Crippen LogP contribution in [-0.2, 0) is 12.6 Å². The summed E-state index contributed by atoms with van der Waals surface area (Å²) in [5.74, 6) is 0. The minimum Gasteiger partial charge on any atom is -0.353 e. The van der Waals surface area contributed by atoms with Gasteiger partial charge in [0, 0.05) is 21.9 Å². The van der Waals surface area contributed by atoms with E-state index in [-0.39, 0.29) is 10.6 Å². The topological polar surface area (TPSA) is 55.2 Å². The number of hydrogen-bond donors (Lipinski definition) is 1. The van der Waals surface area contributed by atoms with E-state index in [0.717, 1.165) is 28.6 Å². The van der Waals surface area contributed by atoms with Crippen LogP contribution >= 0.6 is 11.8 Å². The van der Waals surface area contributed by atoms with Crippen molar-refractivity contribution in [3.8, 4) is 0 Å². The lowest BCUT2D eigenvalue weighted by atomic mass is 10.1. The molecule has 0 fully saturated rings. The molecule has 1 aliphatic heterocycles. The Labute approximate surface area is 133 Å². The zero-order valence-electron chi connectivity index (χ0n) is 11.9. The molecule has 1 N–H and O–H groups in total. The summed E-state index contributed by atoms with van der Waals surface area (Å²) in [5, 5.41) is 13.7. The van der Waals surface area contributed by atoms with E-state index >= 15 is 0 Å². The highest BCUT2D eigenvalue weighted by atomic mass is 32.2. The molecule has 3 rings (SSSR count). The second-order valence-electron chi connectivity index (χ2n) is 5.03. The van der Waals surface area contributed by atoms with Crippen LogP contribution in [0.1, 0.15) is 18.1 Å². The van der Waals surface area contributed by atoms with Gasteiger partial charge in [0.2, 0.25) is 0 Å². The third-order valence-electron chi connectivity index (χ3n) is 3.54. The molecule has 0 bridgehead atoms. The van der Waals surface area contributed by atoms with Gasteiger partial charge in [-0.15, -0.1) is 0 Å². The van der Waals surface area contributed by atoms with Gasteiger partial charge < -0.3 is 5.32 Å². The Kier molecular flexibility index (Phi) is 3.71. The maximum absolute atomic E-state index is 13.2. The van der Waals surface area contributed by atoms with Crippen LogP contribution in [0.4, 0.5) is 30.2 Å². The van der Waals surface area contributed by atoms with Gasteiger partial charge >= 0.3 is 6.18 Å². The van der Waals surface area contributed by atoms with Crippen molar-refractivity contribution in [1.82, 2.24) is 0 Å². The number of nitro benzene ring substituents is 1. The van der Waals surface area contributed by atoms with Crippen molar-refractivity contribution in [3.05, 3.63) is 51.6 Å². The van der Waals surface area contributed by atoms with Crippen LogP contribution in [0.25, 0.3) is 0 Å². The van der Waals surface area contributed by atoms with Gasteiger partial charge in [-0.05, 0) is 24.1 Å². The summed E-state index contributed by atoms with van der Waals surface area (Å²) in [5.41, 5.74) is -0.119. The Morgan fingerprint density at radius 2 is 1.96 bits per heavy atom. The van der Waals surface area contributed by atoms with Crippen LogP contribution in [0.5, 0.6) is 0 Å². The van der Waals surface area contributed by atoms with Crippen molar-refractivity contribution in [2.45, 2.75) is 29.3 Å². The number of nitro groups is 1. The molecule has 0 saturated heterocycles. The SMILES string of the molecule is CCc1ccc2c(c1)Sc1cc([N+](=O)[O-])cc(C(F)(F)F)c1N2. The maximum atomic E-state index is 13.2. The Balaban J connectivity index is 2.16. The van der Waals surface area contributed by atoms with Gasteiger partial charge in [-0.3, -0.25) is 10.1 Å². The standard InChI is InChI=1S/C15H11F3N2O2S/c1-2-8-3-4-11-12(5-8)23-13-7-9(20(21)22)6-10(14(13)19-11)15(16,17)18/h3-7,19H,2H2,1H3. The summed E-state index contributed by atoms with van der Waals surface area (Å²) in [4.78, 5) is 11.1. The number of aryl methyl sites for hydroxylation is 1. The zero-order chi connectivity index (χ0) is 16.8. The van der Waals surface area contributed by atoms with Crippen molar-refractivity contribution in [3.63, 3.8) is 0 Å². The molecule has 8 heteroatoms. The molecule has 120 valence electrons. The fourth-order valence-electron chi connectivity index (χ4n) is 2.37. The van der Waals surface area contributed by atoms with Gasteiger partial charge in [0.05, 0.1) is 21.9 Å². The zero-order valence-corrected chi connectivity index (χ0v) is 12.7. The van der Waals surface area contributed by atoms with E-state index in [0.29, 0.717) is 11.8 Å². The summed E-state index contributed by atoms with van der Waals surface area (Å²) < 4.78 is 39.7. The van der Waals surface area contributed by atoms with Crippen LogP contribution in [0, 0.1) is 10.1 Å². The number of hydrogen-bond acceptors (Lipinski definition) is 4. The predicted molar refractivity (Wildman–Crippen MR) is 81.3 cm³/mol. The Morgan fingerprint density at radius 1 is 1.22 bits per heavy atom. The summed E-state index contributed by atoms with van der Waals surface area (Å²) in [6.07, 6.45) is -3.88. The van der Waals surface area contributed by atoms with Gasteiger partial charge in [0.25, 0.3) is 5.69 Å². The number of non-ortho nitro benzene ring substituents is 1. The molecule has 0 radical (unpaired) electrons. The fraction of sp³-hybridized carbons (Fsp3) is 0.200. The Hall–Kier alpha value is -2.22. The number of nitrogens with one attached hydrogen (secondary N) is 1. The monoisotopic (exact) mass is 340 g/mol. The van der Waals surface area contributed by atoms with Gasteiger partial charge in [0.1, 0.15) is 0 Å². The number of rotatable bonds is 2. The third kappa shape index (κ3) is 2.86. The highest BCUT2D eigenvalue weighted by molar-refractivity contribution is 7.99. The first-order valence-corrected chi connectivity index (χ1v) is 7.58. The van der Waals surface area contributed by atoms with Crippen molar-refractivity contribution >= 4 is 28.8 Å². The largest absolute Gasteiger partial charge is 0.418 e. The molecular weight excluding hydrogens is 329 g/mol. The highest BCUT2D eigenvalue weighted by Gasteiger charge is 2.38. The van der Waals surface area contributed by atoms with Crippen molar-refractivity contribution in [2.75, 3.05) is 5.32 Å². The quantitative estimate of drug-likeness (QED) is 0.502. The molecule has 23 heavy (non-hydrogen) atoms. The highest BCUT2D eigenvalue weighted by Crippen LogP contribution is 2.50. The molecule has 2 aromatic rings. The van der Waals surface area contributed by atoms with E-state index < -0.39 is 22.4 Å². The average molecular weight is 340 g/mol. The number of fused-ring (bicyclic) bond motifs is 2. The Bertz CT molecular complexity index is 806. The molecule has 4 nitrogen and oxygen atoms in total. The van der Waals surface area contributed by atoms with E-state index in [1.807, 2.05) is 19.1 Å². The van der Waals surface area contributed by atoms with Crippen molar-refractivity contribution in [2.24, 2.45) is 0 Å². The van der Waals surface area contributed by atoms with Gasteiger partial charge in [0.15, 0.2) is 0 Å². The molecular formula is C15H11F3N2O2S. The second kappa shape index (κ2) is 5.45. The summed E-state index contributed by atoms with van der Waals surface area (Å²) >= 11 is 1.11. The molecule has 0 aromatic heterocycles. The predicted octanol–water partition coefficient (Wildman–Crippen LogP) is 5.38. The van der Waals surface area contributed by atoms with Crippen LogP contribution in [0.2, 0.25) is 0 Å². The number of alkyl halides is 3. The first-order chi connectivity index (χ1) is 10.8.